The van der Waals surface area contributed by atoms with Gasteiger partial charge in [-0.25, -0.2) is 12.4 Å². The summed E-state index contributed by atoms with van der Waals surface area (Å²) in [5.74, 6) is 0. The average Bonchev–Trinajstić information content (AvgIpc) is 2.49. The zero-order valence-corrected chi connectivity index (χ0v) is 27.2. The van der Waals surface area contributed by atoms with E-state index in [1.54, 1.807) is 0 Å². The zero-order chi connectivity index (χ0) is 24.5. The summed E-state index contributed by atoms with van der Waals surface area (Å²) >= 11 is 1.33. The Labute approximate surface area is 199 Å². The molecule has 0 N–H and O–H groups in total. The van der Waals surface area contributed by atoms with Gasteiger partial charge in [-0.1, -0.05) is 93.7 Å². The summed E-state index contributed by atoms with van der Waals surface area (Å²) in [4.78, 5) is 0. The van der Waals surface area contributed by atoms with Crippen molar-refractivity contribution in [2.24, 2.45) is 3.50 Å². The van der Waals surface area contributed by atoms with Crippen molar-refractivity contribution < 1.29 is 19.6 Å². The molecule has 6 heteroatoms. The average molecular weight is 612 g/mol. The van der Waals surface area contributed by atoms with Crippen LogP contribution in [0.2, 0.25) is 39.3 Å². The van der Waals surface area contributed by atoms with Gasteiger partial charge in [0.25, 0.3) is 0 Å². The van der Waals surface area contributed by atoms with Crippen molar-refractivity contribution >= 4 is 16.1 Å². The first-order valence-electron chi connectivity index (χ1n) is 10.7. The maximum atomic E-state index is 4.44. The van der Waals surface area contributed by atoms with Crippen LogP contribution in [0.5, 0.6) is 0 Å². The second-order valence-corrected chi connectivity index (χ2v) is 22.2. The second kappa shape index (κ2) is 17.9. The maximum absolute atomic E-state index is 4.44. The molecular formula is C23H53N3Si2W-4. The number of hydrogen-bond donors (Lipinski definition) is 0. The van der Waals surface area contributed by atoms with Crippen LogP contribution in [0, 0.1) is 13.1 Å². The van der Waals surface area contributed by atoms with E-state index in [1.165, 1.54) is 19.6 Å². The molecule has 178 valence electrons. The van der Waals surface area contributed by atoms with Crippen LogP contribution < -0.4 is 0 Å². The van der Waals surface area contributed by atoms with Crippen LogP contribution in [0.1, 0.15) is 68.2 Å². The van der Waals surface area contributed by atoms with E-state index in [0.29, 0.717) is 6.04 Å². The summed E-state index contributed by atoms with van der Waals surface area (Å²) in [7, 11) is -1.72. The van der Waals surface area contributed by atoms with Gasteiger partial charge in [0, 0.05) is 0 Å². The quantitative estimate of drug-likeness (QED) is 0.204. The molecule has 0 fully saturated rings. The zero-order valence-electron chi connectivity index (χ0n) is 22.3. The molecular weight excluding hydrogens is 558 g/mol. The summed E-state index contributed by atoms with van der Waals surface area (Å²) in [6.45, 7) is 38.1. The molecule has 0 unspecified atom stereocenters. The summed E-state index contributed by atoms with van der Waals surface area (Å²) in [6, 6.07) is 0.546. The van der Waals surface area contributed by atoms with Crippen LogP contribution in [-0.4, -0.2) is 33.3 Å². The third-order valence-corrected chi connectivity index (χ3v) is 4.37. The molecule has 29 heavy (non-hydrogen) atoms. The first-order valence-corrected chi connectivity index (χ1v) is 19.4. The van der Waals surface area contributed by atoms with Crippen molar-refractivity contribution in [2.75, 3.05) is 0 Å². The van der Waals surface area contributed by atoms with Gasteiger partial charge in [-0.15, -0.1) is 27.2 Å². The topological polar surface area (TPSA) is 40.6 Å². The summed E-state index contributed by atoms with van der Waals surface area (Å²) in [6.07, 6.45) is 5.74. The van der Waals surface area contributed by atoms with Crippen LogP contribution in [0.15, 0.2) is 15.9 Å². The third-order valence-electron chi connectivity index (χ3n) is 2.86. The molecule has 0 saturated heterocycles. The smallest absolute Gasteiger partial charge is 0.0663 e. The van der Waals surface area contributed by atoms with Gasteiger partial charge in [-0.3, -0.25) is 0 Å². The van der Waals surface area contributed by atoms with Crippen molar-refractivity contribution in [1.82, 2.24) is 0 Å². The van der Waals surface area contributed by atoms with Crippen molar-refractivity contribution in [3.63, 3.8) is 0 Å². The van der Waals surface area contributed by atoms with Crippen LogP contribution in [0.3, 0.4) is 0 Å². The number of rotatable bonds is 7. The first-order chi connectivity index (χ1) is 12.6. The van der Waals surface area contributed by atoms with Gasteiger partial charge in [-0.05, 0) is 0 Å². The fourth-order valence-electron chi connectivity index (χ4n) is 0.653. The fraction of sp³-hybridized carbons (Fsp3) is 0.826. The van der Waals surface area contributed by atoms with E-state index < -0.39 is 16.1 Å². The van der Waals surface area contributed by atoms with Gasteiger partial charge in [0.2, 0.25) is 0 Å². The van der Waals surface area contributed by atoms with E-state index in [4.69, 9.17) is 0 Å². The molecule has 0 aromatic heterocycles. The molecule has 0 rings (SSSR count). The minimum atomic E-state index is -0.861. The molecule has 0 aromatic carbocycles. The molecule has 0 spiro atoms. The van der Waals surface area contributed by atoms with Gasteiger partial charge < -0.3 is 23.7 Å². The summed E-state index contributed by atoms with van der Waals surface area (Å²) < 4.78 is 3.97. The molecule has 0 atom stereocenters. The van der Waals surface area contributed by atoms with Crippen molar-refractivity contribution in [3.8, 4) is 0 Å². The van der Waals surface area contributed by atoms with Crippen molar-refractivity contribution in [3.05, 3.63) is 36.1 Å². The molecule has 0 aromatic rings. The van der Waals surface area contributed by atoms with E-state index >= 15 is 0 Å². The van der Waals surface area contributed by atoms with E-state index in [1.807, 2.05) is 12.4 Å². The van der Waals surface area contributed by atoms with E-state index in [9.17, 15) is 0 Å². The van der Waals surface area contributed by atoms with Gasteiger partial charge in [0.05, 0.1) is 0 Å². The Morgan fingerprint density at radius 1 is 0.793 bits per heavy atom. The third kappa shape index (κ3) is 65.4. The summed E-state index contributed by atoms with van der Waals surface area (Å²) in [5.41, 5.74) is 0.0881. The fourth-order valence-corrected chi connectivity index (χ4v) is 0.653. The molecule has 0 heterocycles. The van der Waals surface area contributed by atoms with Crippen LogP contribution in [0.4, 0.5) is 0 Å². The number of nitrogens with zero attached hydrogens (tertiary/aromatic N) is 3. The van der Waals surface area contributed by atoms with Crippen LogP contribution in [-0.2, 0) is 19.6 Å². The molecule has 0 radical (unpaired) electrons. The first kappa shape index (κ1) is 36.6. The molecule has 0 aliphatic carbocycles. The van der Waals surface area contributed by atoms with Gasteiger partial charge in [-0.2, -0.15) is 0 Å². The Hall–Kier alpha value is 0.262. The Bertz CT molecular complexity index is 363. The minimum Gasteiger partial charge on any atom is -0.687 e. The Morgan fingerprint density at radius 3 is 1.07 bits per heavy atom. The van der Waals surface area contributed by atoms with Crippen molar-refractivity contribution in [1.29, 1.82) is 0 Å². The molecule has 0 saturated carbocycles. The van der Waals surface area contributed by atoms with Gasteiger partial charge >= 0.3 is 43.0 Å². The standard InChI is InChI=1S/C12H24N2.2C4H11Si.C3H7N.W/c1-7-11(3,4)13-9-10-14-12(5,6)8-2;2*1-5(2,3)4;1-3(2)4;/h9-10H,7-8H2,1-6H3;2*1H2,2-4H3;3H,1-2H3;/q-2;2*-1;;/b10-9-;;;;. The Morgan fingerprint density at radius 2 is 0.966 bits per heavy atom. The Kier molecular flexibility index (Phi) is 22.6. The maximum Gasteiger partial charge on any atom is -0.0663 e. The largest absolute Gasteiger partial charge is 0.687 e. The van der Waals surface area contributed by atoms with E-state index in [-0.39, 0.29) is 11.1 Å². The number of hydrogen-bond acceptors (Lipinski definition) is 1. The van der Waals surface area contributed by atoms with Crippen LogP contribution >= 0.6 is 0 Å². The van der Waals surface area contributed by atoms with E-state index in [2.05, 4.69) is 122 Å². The molecule has 0 bridgehead atoms. The van der Waals surface area contributed by atoms with Crippen LogP contribution in [0.25, 0.3) is 10.6 Å². The molecule has 0 aliphatic rings. The molecule has 0 amide bonds. The monoisotopic (exact) mass is 611 g/mol. The predicted molar refractivity (Wildman–Crippen MR) is 140 cm³/mol. The van der Waals surface area contributed by atoms with E-state index in [0.717, 1.165) is 12.8 Å². The van der Waals surface area contributed by atoms with Crippen molar-refractivity contribution in [2.45, 2.75) is 125 Å². The minimum absolute atomic E-state index is 0.0440. The Balaban J connectivity index is -0.000000171. The molecule has 0 aliphatic heterocycles. The molecule has 3 nitrogen and oxygen atoms in total. The van der Waals surface area contributed by atoms with Gasteiger partial charge in [0.15, 0.2) is 0 Å². The summed E-state index contributed by atoms with van der Waals surface area (Å²) in [5, 5.41) is 8.88. The normalized spacial score (nSPS) is 12.0. The SMILES string of the molecule is CC(C)[N]=[W].CCC(C)(C)[N-]/C=C\[N-]C(C)(C)CC.[CH2-][Si](C)(C)C.[CH2-][Si](C)(C)C. The predicted octanol–water partition coefficient (Wildman–Crippen LogP) is 9.10. The second-order valence-electron chi connectivity index (χ2n) is 11.2. The van der Waals surface area contributed by atoms with Gasteiger partial charge in [0.1, 0.15) is 0 Å².